The molecule has 2 aliphatic rings. The number of ether oxygens (including phenoxy) is 4. The summed E-state index contributed by atoms with van der Waals surface area (Å²) in [4.78, 5) is 3.74. The maximum atomic E-state index is 14.8. The van der Waals surface area contributed by atoms with Crippen LogP contribution in [0.2, 0.25) is 0 Å². The fourth-order valence-corrected chi connectivity index (χ4v) is 6.30. The van der Waals surface area contributed by atoms with Gasteiger partial charge in [-0.05, 0) is 47.1 Å². The zero-order valence-corrected chi connectivity index (χ0v) is 25.3. The minimum absolute atomic E-state index is 0.0490. The van der Waals surface area contributed by atoms with Crippen molar-refractivity contribution in [1.29, 1.82) is 0 Å². The van der Waals surface area contributed by atoms with Crippen LogP contribution in [-0.4, -0.2) is 29.9 Å². The lowest BCUT2D eigenvalue weighted by Gasteiger charge is -2.27. The highest BCUT2D eigenvalue weighted by atomic mass is 19.4. The summed E-state index contributed by atoms with van der Waals surface area (Å²) >= 11 is 0. The normalized spacial score (nSPS) is 21.2. The first-order chi connectivity index (χ1) is 22.6. The van der Waals surface area contributed by atoms with Crippen LogP contribution in [0.4, 0.5) is 26.3 Å². The van der Waals surface area contributed by atoms with Crippen LogP contribution in [0.25, 0.3) is 0 Å². The van der Waals surface area contributed by atoms with Gasteiger partial charge in [0, 0.05) is 0 Å². The van der Waals surface area contributed by atoms with Crippen molar-refractivity contribution in [2.75, 3.05) is 6.61 Å². The van der Waals surface area contributed by atoms with E-state index in [1.54, 1.807) is 30.3 Å². The zero-order valence-electron chi connectivity index (χ0n) is 25.3. The third-order valence-electron chi connectivity index (χ3n) is 8.39. The van der Waals surface area contributed by atoms with Gasteiger partial charge in [0.25, 0.3) is 0 Å². The Kier molecular flexibility index (Phi) is 9.98. The monoisotopic (exact) mass is 657 g/mol. The summed E-state index contributed by atoms with van der Waals surface area (Å²) in [5.74, 6) is 0. The summed E-state index contributed by atoms with van der Waals surface area (Å²) in [6, 6.07) is 27.3. The molecule has 4 aromatic rings. The zero-order chi connectivity index (χ0) is 33.0. The highest BCUT2D eigenvalue weighted by Crippen LogP contribution is 2.48. The quantitative estimate of drug-likeness (QED) is 0.152. The number of hydrogen-bond donors (Lipinski definition) is 0. The molecular formula is C36H33F6NO4. The van der Waals surface area contributed by atoms with Crippen LogP contribution < -0.4 is 0 Å². The maximum Gasteiger partial charge on any atom is 0.433 e. The molecule has 248 valence electrons. The number of pyridine rings is 1. The van der Waals surface area contributed by atoms with Crippen molar-refractivity contribution in [2.24, 2.45) is 0 Å². The van der Waals surface area contributed by atoms with E-state index in [2.05, 4.69) is 4.98 Å². The molecule has 0 N–H and O–H groups in total. The topological polar surface area (TPSA) is 49.8 Å². The van der Waals surface area contributed by atoms with E-state index in [0.29, 0.717) is 5.56 Å². The van der Waals surface area contributed by atoms with E-state index in [9.17, 15) is 26.3 Å². The number of alkyl halides is 6. The molecule has 1 aliphatic carbocycles. The molecule has 2 heterocycles. The molecule has 1 saturated heterocycles. The van der Waals surface area contributed by atoms with E-state index in [1.165, 1.54) is 0 Å². The molecule has 3 aromatic carbocycles. The molecule has 5 nitrogen and oxygen atoms in total. The van der Waals surface area contributed by atoms with Crippen LogP contribution in [0.15, 0.2) is 91.0 Å². The van der Waals surface area contributed by atoms with Crippen molar-refractivity contribution in [1.82, 2.24) is 4.98 Å². The molecule has 0 spiro atoms. The molecule has 1 aromatic heterocycles. The Morgan fingerprint density at radius 2 is 1.15 bits per heavy atom. The molecule has 0 amide bonds. The molecule has 6 rings (SSSR count). The summed E-state index contributed by atoms with van der Waals surface area (Å²) in [6.45, 7) is 0.0655. The molecule has 1 fully saturated rings. The minimum atomic E-state index is -4.99. The van der Waals surface area contributed by atoms with Gasteiger partial charge in [-0.15, -0.1) is 0 Å². The summed E-state index contributed by atoms with van der Waals surface area (Å²) in [6.07, 6.45) is -15.0. The summed E-state index contributed by atoms with van der Waals surface area (Å²) in [7, 11) is 0. The lowest BCUT2D eigenvalue weighted by Crippen LogP contribution is -2.38. The lowest BCUT2D eigenvalue weighted by molar-refractivity contribution is -0.148. The van der Waals surface area contributed by atoms with Gasteiger partial charge in [0.15, 0.2) is 0 Å². The van der Waals surface area contributed by atoms with Gasteiger partial charge in [-0.1, -0.05) is 91.0 Å². The number of nitrogens with zero attached hydrogens (tertiary/aromatic N) is 1. The molecule has 11 heteroatoms. The Balaban J connectivity index is 1.41. The number of hydrogen-bond acceptors (Lipinski definition) is 5. The van der Waals surface area contributed by atoms with Gasteiger partial charge in [0.1, 0.15) is 30.1 Å². The standard InChI is InChI=1S/C36H33F6NO4/c37-35(38,39)29-26-17-10-18-27(26)34(36(40,41)42)43-30(29)32-33(46-21-25-15-8-3-9-16-25)31(45-20-24-13-6-2-7-14-24)28(47-32)22-44-19-23-11-4-1-5-12-23/h1-9,11-16,28,31-33H,10,17-22H2/t28-,31-,32+,33-/m1/s1. The molecule has 47 heavy (non-hydrogen) atoms. The van der Waals surface area contributed by atoms with Crippen LogP contribution in [0.5, 0.6) is 0 Å². The van der Waals surface area contributed by atoms with Crippen molar-refractivity contribution >= 4 is 0 Å². The molecule has 1 aliphatic heterocycles. The minimum Gasteiger partial charge on any atom is -0.374 e. The van der Waals surface area contributed by atoms with Crippen molar-refractivity contribution in [3.63, 3.8) is 0 Å². The Morgan fingerprint density at radius 1 is 0.638 bits per heavy atom. The smallest absolute Gasteiger partial charge is 0.374 e. The number of fused-ring (bicyclic) bond motifs is 1. The van der Waals surface area contributed by atoms with E-state index >= 15 is 0 Å². The number of benzene rings is 3. The van der Waals surface area contributed by atoms with Crippen LogP contribution in [0.3, 0.4) is 0 Å². The molecule has 0 radical (unpaired) electrons. The third-order valence-corrected chi connectivity index (χ3v) is 8.39. The summed E-state index contributed by atoms with van der Waals surface area (Å²) in [5.41, 5.74) is -1.79. The van der Waals surface area contributed by atoms with Gasteiger partial charge in [0.05, 0.1) is 37.7 Å². The van der Waals surface area contributed by atoms with Crippen molar-refractivity contribution in [3.05, 3.63) is 136 Å². The van der Waals surface area contributed by atoms with E-state index in [4.69, 9.17) is 18.9 Å². The number of rotatable bonds is 11. The van der Waals surface area contributed by atoms with Gasteiger partial charge in [0.2, 0.25) is 0 Å². The van der Waals surface area contributed by atoms with Gasteiger partial charge >= 0.3 is 12.4 Å². The van der Waals surface area contributed by atoms with E-state index < -0.39 is 59.3 Å². The number of aromatic nitrogens is 1. The van der Waals surface area contributed by atoms with Crippen LogP contribution in [0.1, 0.15) is 57.3 Å². The molecule has 0 saturated carbocycles. The van der Waals surface area contributed by atoms with Crippen LogP contribution in [-0.2, 0) is 64.0 Å². The first kappa shape index (κ1) is 33.1. The Hall–Kier alpha value is -3.77. The molecule has 0 unspecified atom stereocenters. The van der Waals surface area contributed by atoms with Gasteiger partial charge < -0.3 is 18.9 Å². The predicted molar refractivity (Wildman–Crippen MR) is 160 cm³/mol. The van der Waals surface area contributed by atoms with Gasteiger partial charge in [-0.25, -0.2) is 4.98 Å². The maximum absolute atomic E-state index is 14.8. The Labute approximate surface area is 268 Å². The molecule has 4 atom stereocenters. The molecular weight excluding hydrogens is 624 g/mol. The van der Waals surface area contributed by atoms with Crippen molar-refractivity contribution in [3.8, 4) is 0 Å². The predicted octanol–water partition coefficient (Wildman–Crippen LogP) is 8.44. The Morgan fingerprint density at radius 3 is 1.68 bits per heavy atom. The average molecular weight is 658 g/mol. The van der Waals surface area contributed by atoms with E-state index in [-0.39, 0.29) is 51.3 Å². The van der Waals surface area contributed by atoms with Crippen LogP contribution >= 0.6 is 0 Å². The second-order valence-electron chi connectivity index (χ2n) is 11.6. The molecule has 0 bridgehead atoms. The highest BCUT2D eigenvalue weighted by molar-refractivity contribution is 5.47. The van der Waals surface area contributed by atoms with Gasteiger partial charge in [-0.3, -0.25) is 0 Å². The summed E-state index contributed by atoms with van der Waals surface area (Å²) < 4.78 is 112. The average Bonchev–Trinajstić information content (AvgIpc) is 3.67. The first-order valence-electron chi connectivity index (χ1n) is 15.4. The fourth-order valence-electron chi connectivity index (χ4n) is 6.30. The van der Waals surface area contributed by atoms with E-state index in [0.717, 1.165) is 11.1 Å². The van der Waals surface area contributed by atoms with E-state index in [1.807, 2.05) is 60.7 Å². The first-order valence-corrected chi connectivity index (χ1v) is 15.4. The Bertz CT molecular complexity index is 1620. The second-order valence-corrected chi connectivity index (χ2v) is 11.6. The van der Waals surface area contributed by atoms with Crippen molar-refractivity contribution in [2.45, 2.75) is 75.9 Å². The third kappa shape index (κ3) is 7.70. The van der Waals surface area contributed by atoms with Crippen molar-refractivity contribution < 1.29 is 45.3 Å². The van der Waals surface area contributed by atoms with Crippen LogP contribution in [0, 0.1) is 0 Å². The summed E-state index contributed by atoms with van der Waals surface area (Å²) in [5, 5.41) is 0. The van der Waals surface area contributed by atoms with Gasteiger partial charge in [-0.2, -0.15) is 26.3 Å². The SMILES string of the molecule is FC(F)(F)c1nc([C@@H]2O[C@H](COCc3ccccc3)[C@@H](OCc3ccccc3)[C@H]2OCc2ccccc2)c(C(F)(F)F)c2c1CCC2. The number of halogens is 6. The second kappa shape index (κ2) is 14.1. The lowest BCUT2D eigenvalue weighted by atomic mass is 9.94. The highest BCUT2D eigenvalue weighted by Gasteiger charge is 2.53. The fraction of sp³-hybridized carbons (Fsp3) is 0.361. The largest absolute Gasteiger partial charge is 0.433 e.